The molecule has 0 bridgehead atoms. The lowest BCUT2D eigenvalue weighted by Crippen LogP contribution is -2.31. The van der Waals surface area contributed by atoms with Crippen LogP contribution in [0.25, 0.3) is 10.8 Å². The van der Waals surface area contributed by atoms with Crippen LogP contribution >= 0.6 is 11.6 Å². The van der Waals surface area contributed by atoms with Crippen molar-refractivity contribution in [1.29, 1.82) is 0 Å². The van der Waals surface area contributed by atoms with Crippen LogP contribution in [0.4, 0.5) is 5.69 Å². The summed E-state index contributed by atoms with van der Waals surface area (Å²) in [5.41, 5.74) is 2.46. The number of halogens is 1. The van der Waals surface area contributed by atoms with Gasteiger partial charge < -0.3 is 10.1 Å². The van der Waals surface area contributed by atoms with Gasteiger partial charge in [-0.3, -0.25) is 9.10 Å². The van der Waals surface area contributed by atoms with Crippen LogP contribution in [-0.2, 0) is 16.6 Å². The number of ether oxygens (including phenoxy) is 1. The molecule has 0 aliphatic rings. The van der Waals surface area contributed by atoms with Crippen molar-refractivity contribution in [2.45, 2.75) is 18.4 Å². The Morgan fingerprint density at radius 1 is 0.854 bits per heavy atom. The Labute approximate surface area is 245 Å². The highest BCUT2D eigenvalue weighted by Gasteiger charge is 2.26. The SMILES string of the molecule is Cc1ccc(Cl)cc1N(Cc1ccc(C(=O)NCCOc2cccc3ccccc23)cc1)S(=O)(=O)c1ccccc1. The van der Waals surface area contributed by atoms with Gasteiger partial charge in [-0.25, -0.2) is 8.42 Å². The normalized spacial score (nSPS) is 11.3. The van der Waals surface area contributed by atoms with Crippen LogP contribution in [-0.4, -0.2) is 27.5 Å². The fourth-order valence-corrected chi connectivity index (χ4v) is 6.24. The van der Waals surface area contributed by atoms with E-state index >= 15 is 0 Å². The highest BCUT2D eigenvalue weighted by molar-refractivity contribution is 7.92. The third kappa shape index (κ3) is 6.53. The number of fused-ring (bicyclic) bond motifs is 1. The van der Waals surface area contributed by atoms with E-state index in [4.69, 9.17) is 16.3 Å². The third-order valence-corrected chi connectivity index (χ3v) is 8.72. The minimum atomic E-state index is -3.89. The van der Waals surface area contributed by atoms with Crippen molar-refractivity contribution >= 4 is 44.0 Å². The van der Waals surface area contributed by atoms with Crippen LogP contribution in [0.15, 0.2) is 120 Å². The molecule has 0 aliphatic carbocycles. The molecule has 0 fully saturated rings. The van der Waals surface area contributed by atoms with E-state index < -0.39 is 10.0 Å². The number of nitrogens with zero attached hydrogens (tertiary/aromatic N) is 1. The van der Waals surface area contributed by atoms with Gasteiger partial charge in [0.05, 0.1) is 23.7 Å². The maximum absolute atomic E-state index is 13.7. The van der Waals surface area contributed by atoms with E-state index in [2.05, 4.69) is 5.32 Å². The highest BCUT2D eigenvalue weighted by atomic mass is 35.5. The Morgan fingerprint density at radius 2 is 1.56 bits per heavy atom. The van der Waals surface area contributed by atoms with Gasteiger partial charge in [-0.05, 0) is 65.9 Å². The number of nitrogens with one attached hydrogen (secondary N) is 1. The van der Waals surface area contributed by atoms with Gasteiger partial charge in [0.1, 0.15) is 12.4 Å². The molecule has 0 unspecified atom stereocenters. The average Bonchev–Trinajstić information content (AvgIpc) is 3.00. The van der Waals surface area contributed by atoms with Gasteiger partial charge in [-0.15, -0.1) is 0 Å². The summed E-state index contributed by atoms with van der Waals surface area (Å²) in [6, 6.07) is 34.2. The first-order chi connectivity index (χ1) is 19.8. The second-order valence-corrected chi connectivity index (χ2v) is 11.8. The maximum Gasteiger partial charge on any atom is 0.264 e. The van der Waals surface area contributed by atoms with Gasteiger partial charge in [0.2, 0.25) is 0 Å². The minimum Gasteiger partial charge on any atom is -0.491 e. The fourth-order valence-electron chi connectivity index (χ4n) is 4.55. The smallest absolute Gasteiger partial charge is 0.264 e. The van der Waals surface area contributed by atoms with E-state index in [1.165, 1.54) is 4.31 Å². The molecule has 0 heterocycles. The summed E-state index contributed by atoms with van der Waals surface area (Å²) >= 11 is 6.25. The molecule has 1 N–H and O–H groups in total. The van der Waals surface area contributed by atoms with Crippen LogP contribution in [0.3, 0.4) is 0 Å². The van der Waals surface area contributed by atoms with E-state index in [-0.39, 0.29) is 17.3 Å². The van der Waals surface area contributed by atoms with E-state index in [0.717, 1.165) is 27.6 Å². The summed E-state index contributed by atoms with van der Waals surface area (Å²) in [6.45, 7) is 2.57. The lowest BCUT2D eigenvalue weighted by Gasteiger charge is -2.26. The molecule has 0 saturated carbocycles. The van der Waals surface area contributed by atoms with Crippen LogP contribution < -0.4 is 14.4 Å². The molecule has 0 atom stereocenters. The van der Waals surface area contributed by atoms with Crippen molar-refractivity contribution in [2.24, 2.45) is 0 Å². The second kappa shape index (κ2) is 12.5. The molecule has 41 heavy (non-hydrogen) atoms. The first-order valence-corrected chi connectivity index (χ1v) is 15.0. The standard InChI is InChI=1S/C33H29ClN2O4S/c1-24-14-19-28(34)22-31(24)36(41(38,39)29-10-3-2-4-11-29)23-25-15-17-27(18-16-25)33(37)35-20-21-40-32-13-7-9-26-8-5-6-12-30(26)32/h2-19,22H,20-21,23H2,1H3,(H,35,37). The van der Waals surface area contributed by atoms with E-state index in [9.17, 15) is 13.2 Å². The lowest BCUT2D eigenvalue weighted by atomic mass is 10.1. The van der Waals surface area contributed by atoms with Crippen LogP contribution in [0.1, 0.15) is 21.5 Å². The monoisotopic (exact) mass is 584 g/mol. The number of benzene rings is 5. The Hall–Kier alpha value is -4.33. The summed E-state index contributed by atoms with van der Waals surface area (Å²) in [6.07, 6.45) is 0. The van der Waals surface area contributed by atoms with Crippen molar-refractivity contribution in [3.05, 3.63) is 137 Å². The van der Waals surface area contributed by atoms with Crippen molar-refractivity contribution in [3.8, 4) is 5.75 Å². The number of aryl methyl sites for hydroxylation is 1. The summed E-state index contributed by atoms with van der Waals surface area (Å²) in [7, 11) is -3.89. The van der Waals surface area contributed by atoms with E-state index in [0.29, 0.717) is 29.4 Å². The number of amides is 1. The summed E-state index contributed by atoms with van der Waals surface area (Å²) < 4.78 is 34.7. The summed E-state index contributed by atoms with van der Waals surface area (Å²) in [5.74, 6) is 0.532. The number of hydrogen-bond acceptors (Lipinski definition) is 4. The molecule has 8 heteroatoms. The molecule has 5 aromatic carbocycles. The molecular weight excluding hydrogens is 556 g/mol. The molecule has 1 amide bonds. The largest absolute Gasteiger partial charge is 0.491 e. The van der Waals surface area contributed by atoms with Crippen LogP contribution in [0.5, 0.6) is 5.75 Å². The van der Waals surface area contributed by atoms with Gasteiger partial charge in [-0.1, -0.05) is 84.4 Å². The zero-order valence-electron chi connectivity index (χ0n) is 22.5. The van der Waals surface area contributed by atoms with Crippen molar-refractivity contribution < 1.29 is 17.9 Å². The molecule has 0 aliphatic heterocycles. The van der Waals surface area contributed by atoms with E-state index in [1.807, 2.05) is 49.4 Å². The van der Waals surface area contributed by atoms with Gasteiger partial charge in [0, 0.05) is 16.0 Å². The van der Waals surface area contributed by atoms with Crippen LogP contribution in [0.2, 0.25) is 5.02 Å². The summed E-state index contributed by atoms with van der Waals surface area (Å²) in [5, 5.41) is 5.43. The Morgan fingerprint density at radius 3 is 2.34 bits per heavy atom. The van der Waals surface area contributed by atoms with Crippen molar-refractivity contribution in [2.75, 3.05) is 17.5 Å². The molecule has 0 aromatic heterocycles. The zero-order valence-corrected chi connectivity index (χ0v) is 24.0. The Kier molecular flexibility index (Phi) is 8.57. The molecular formula is C33H29ClN2O4S. The zero-order chi connectivity index (χ0) is 28.8. The van der Waals surface area contributed by atoms with Gasteiger partial charge >= 0.3 is 0 Å². The average molecular weight is 585 g/mol. The number of carbonyl (C=O) groups is 1. The first kappa shape index (κ1) is 28.2. The van der Waals surface area contributed by atoms with Crippen molar-refractivity contribution in [3.63, 3.8) is 0 Å². The number of sulfonamides is 1. The lowest BCUT2D eigenvalue weighted by molar-refractivity contribution is 0.0947. The molecule has 6 nitrogen and oxygen atoms in total. The quantitative estimate of drug-likeness (QED) is 0.179. The van der Waals surface area contributed by atoms with E-state index in [1.54, 1.807) is 72.8 Å². The van der Waals surface area contributed by atoms with Gasteiger partial charge in [0.25, 0.3) is 15.9 Å². The topological polar surface area (TPSA) is 75.7 Å². The van der Waals surface area contributed by atoms with Gasteiger partial charge in [0.15, 0.2) is 0 Å². The molecule has 208 valence electrons. The number of rotatable bonds is 10. The number of hydrogen-bond donors (Lipinski definition) is 1. The molecule has 0 saturated heterocycles. The number of anilines is 1. The summed E-state index contributed by atoms with van der Waals surface area (Å²) in [4.78, 5) is 12.9. The van der Waals surface area contributed by atoms with Crippen LogP contribution in [0, 0.1) is 6.92 Å². The number of carbonyl (C=O) groups excluding carboxylic acids is 1. The maximum atomic E-state index is 13.7. The molecule has 5 rings (SSSR count). The molecule has 0 radical (unpaired) electrons. The highest BCUT2D eigenvalue weighted by Crippen LogP contribution is 2.31. The third-order valence-electron chi connectivity index (χ3n) is 6.71. The molecule has 0 spiro atoms. The van der Waals surface area contributed by atoms with Gasteiger partial charge in [-0.2, -0.15) is 0 Å². The molecule has 5 aromatic rings. The Balaban J connectivity index is 1.27. The van der Waals surface area contributed by atoms with Crippen molar-refractivity contribution in [1.82, 2.24) is 5.32 Å². The first-order valence-electron chi connectivity index (χ1n) is 13.1. The Bertz CT molecular complexity index is 1770. The predicted molar refractivity (Wildman–Crippen MR) is 164 cm³/mol. The predicted octanol–water partition coefficient (Wildman–Crippen LogP) is 7.01. The minimum absolute atomic E-state index is 0.0686. The second-order valence-electron chi connectivity index (χ2n) is 9.53. The fraction of sp³-hybridized carbons (Fsp3) is 0.121.